The molecule has 0 bridgehead atoms. The van der Waals surface area contributed by atoms with Gasteiger partial charge in [0.15, 0.2) is 17.3 Å². The maximum absolute atomic E-state index is 12.7. The molecule has 0 saturated carbocycles. The number of anilines is 1. The molecule has 31 heavy (non-hydrogen) atoms. The van der Waals surface area contributed by atoms with Crippen molar-refractivity contribution in [3.05, 3.63) is 42.2 Å². The molecule has 2 aromatic carbocycles. The van der Waals surface area contributed by atoms with Crippen LogP contribution in [0.4, 0.5) is 5.69 Å². The number of benzene rings is 2. The minimum atomic E-state index is -0.192. The highest BCUT2D eigenvalue weighted by Gasteiger charge is 2.35. The Morgan fingerprint density at radius 3 is 2.29 bits per heavy atom. The lowest BCUT2D eigenvalue weighted by molar-refractivity contribution is -0.117. The van der Waals surface area contributed by atoms with Crippen LogP contribution < -0.4 is 23.8 Å². The predicted octanol–water partition coefficient (Wildman–Crippen LogP) is 3.29. The van der Waals surface area contributed by atoms with E-state index in [1.165, 1.54) is 0 Å². The molecule has 1 aliphatic rings. The third-order valence-electron chi connectivity index (χ3n) is 5.21. The van der Waals surface area contributed by atoms with Gasteiger partial charge < -0.3 is 28.4 Å². The van der Waals surface area contributed by atoms with E-state index < -0.39 is 0 Å². The molecule has 0 N–H and O–H groups in total. The smallest absolute Gasteiger partial charge is 0.258 e. The Balaban J connectivity index is 1.56. The van der Waals surface area contributed by atoms with Crippen molar-refractivity contribution in [3.8, 4) is 34.5 Å². The molecule has 1 saturated heterocycles. The standard InChI is InChI=1S/C22H23N3O6/c1-27-16-9-15(10-17(11-16)28-2)25-12-14(8-20(25)26)21-23-22(31-24-21)13-5-6-18(29-3)19(7-13)30-4/h5-7,9-11,14H,8,12H2,1-4H3. The molecule has 9 heteroatoms. The largest absolute Gasteiger partial charge is 0.497 e. The topological polar surface area (TPSA) is 96.2 Å². The second-order valence-corrected chi connectivity index (χ2v) is 7.00. The molecule has 1 amide bonds. The first kappa shape index (κ1) is 20.5. The molecular formula is C22H23N3O6. The van der Waals surface area contributed by atoms with E-state index in [0.717, 1.165) is 0 Å². The van der Waals surface area contributed by atoms with Crippen molar-refractivity contribution in [1.29, 1.82) is 0 Å². The van der Waals surface area contributed by atoms with Gasteiger partial charge >= 0.3 is 0 Å². The van der Waals surface area contributed by atoms with Crippen LogP contribution in [-0.4, -0.2) is 51.0 Å². The fourth-order valence-electron chi connectivity index (χ4n) is 3.57. The summed E-state index contributed by atoms with van der Waals surface area (Å²) in [5.74, 6) is 3.01. The van der Waals surface area contributed by atoms with E-state index in [9.17, 15) is 4.79 Å². The molecule has 3 aromatic rings. The number of carbonyl (C=O) groups excluding carboxylic acids is 1. The maximum atomic E-state index is 12.7. The summed E-state index contributed by atoms with van der Waals surface area (Å²) < 4.78 is 26.7. The number of carbonyl (C=O) groups is 1. The van der Waals surface area contributed by atoms with Crippen molar-refractivity contribution in [3.63, 3.8) is 0 Å². The van der Waals surface area contributed by atoms with Crippen molar-refractivity contribution in [2.75, 3.05) is 39.9 Å². The van der Waals surface area contributed by atoms with Crippen LogP contribution in [0.1, 0.15) is 18.2 Å². The molecule has 1 fully saturated rings. The van der Waals surface area contributed by atoms with Crippen LogP contribution in [0.2, 0.25) is 0 Å². The van der Waals surface area contributed by atoms with E-state index in [4.69, 9.17) is 23.5 Å². The number of nitrogens with zero attached hydrogens (tertiary/aromatic N) is 3. The van der Waals surface area contributed by atoms with E-state index in [1.807, 2.05) is 6.07 Å². The summed E-state index contributed by atoms with van der Waals surface area (Å²) in [6.45, 7) is 0.431. The fraction of sp³-hybridized carbons (Fsp3) is 0.318. The molecule has 4 rings (SSSR count). The van der Waals surface area contributed by atoms with Gasteiger partial charge in [-0.15, -0.1) is 0 Å². The van der Waals surface area contributed by atoms with Crippen molar-refractivity contribution >= 4 is 11.6 Å². The monoisotopic (exact) mass is 425 g/mol. The number of hydrogen-bond acceptors (Lipinski definition) is 8. The van der Waals surface area contributed by atoms with E-state index in [-0.39, 0.29) is 18.2 Å². The summed E-state index contributed by atoms with van der Waals surface area (Å²) >= 11 is 0. The van der Waals surface area contributed by atoms with E-state index >= 15 is 0 Å². The van der Waals surface area contributed by atoms with Gasteiger partial charge in [-0.2, -0.15) is 4.98 Å². The Morgan fingerprint density at radius 2 is 1.65 bits per heavy atom. The average Bonchev–Trinajstić information content (AvgIpc) is 3.45. The first-order valence-electron chi connectivity index (χ1n) is 9.65. The molecule has 1 unspecified atom stereocenters. The zero-order valence-electron chi connectivity index (χ0n) is 17.7. The highest BCUT2D eigenvalue weighted by atomic mass is 16.5. The van der Waals surface area contributed by atoms with Crippen LogP contribution in [0.25, 0.3) is 11.5 Å². The van der Waals surface area contributed by atoms with E-state index in [2.05, 4.69) is 10.1 Å². The van der Waals surface area contributed by atoms with Gasteiger partial charge in [0.2, 0.25) is 5.91 Å². The van der Waals surface area contributed by atoms with Crippen molar-refractivity contribution in [2.24, 2.45) is 0 Å². The van der Waals surface area contributed by atoms with Crippen molar-refractivity contribution < 1.29 is 28.3 Å². The number of methoxy groups -OCH3 is 4. The Morgan fingerprint density at radius 1 is 0.935 bits per heavy atom. The van der Waals surface area contributed by atoms with Gasteiger partial charge in [-0.3, -0.25) is 4.79 Å². The van der Waals surface area contributed by atoms with Crippen LogP contribution in [0.15, 0.2) is 40.9 Å². The Labute approximate surface area is 179 Å². The maximum Gasteiger partial charge on any atom is 0.258 e. The molecule has 1 aromatic heterocycles. The summed E-state index contributed by atoms with van der Waals surface area (Å²) in [5.41, 5.74) is 1.41. The van der Waals surface area contributed by atoms with Crippen LogP contribution in [0.5, 0.6) is 23.0 Å². The third-order valence-corrected chi connectivity index (χ3v) is 5.21. The molecular weight excluding hydrogens is 402 g/mol. The van der Waals surface area contributed by atoms with Crippen LogP contribution in [0, 0.1) is 0 Å². The Hall–Kier alpha value is -3.75. The quantitative estimate of drug-likeness (QED) is 0.569. The summed E-state index contributed by atoms with van der Waals surface area (Å²) in [5, 5.41) is 4.12. The highest BCUT2D eigenvalue weighted by Crippen LogP contribution is 2.36. The van der Waals surface area contributed by atoms with Gasteiger partial charge in [0.05, 0.1) is 34.1 Å². The summed E-state index contributed by atoms with van der Waals surface area (Å²) in [4.78, 5) is 18.9. The Bertz CT molecular complexity index is 1070. The van der Waals surface area contributed by atoms with Gasteiger partial charge in [-0.05, 0) is 18.2 Å². The molecule has 0 radical (unpaired) electrons. The van der Waals surface area contributed by atoms with Crippen LogP contribution >= 0.6 is 0 Å². The molecule has 1 aliphatic heterocycles. The second-order valence-electron chi connectivity index (χ2n) is 7.00. The highest BCUT2D eigenvalue weighted by molar-refractivity contribution is 5.96. The zero-order chi connectivity index (χ0) is 22.0. The van der Waals surface area contributed by atoms with Gasteiger partial charge in [0.25, 0.3) is 5.89 Å². The molecule has 162 valence electrons. The normalized spacial score (nSPS) is 15.8. The second kappa shape index (κ2) is 8.55. The lowest BCUT2D eigenvalue weighted by atomic mass is 10.1. The minimum absolute atomic E-state index is 0.0298. The number of amides is 1. The summed E-state index contributed by atoms with van der Waals surface area (Å²) in [6, 6.07) is 10.7. The van der Waals surface area contributed by atoms with Gasteiger partial charge in [-0.25, -0.2) is 0 Å². The SMILES string of the molecule is COc1cc(OC)cc(N2CC(c3noc(-c4ccc(OC)c(OC)c4)n3)CC2=O)c1. The predicted molar refractivity (Wildman–Crippen MR) is 112 cm³/mol. The molecule has 2 heterocycles. The molecule has 0 aliphatic carbocycles. The van der Waals surface area contributed by atoms with Crippen LogP contribution in [0.3, 0.4) is 0 Å². The van der Waals surface area contributed by atoms with Crippen molar-refractivity contribution in [1.82, 2.24) is 10.1 Å². The number of aromatic nitrogens is 2. The number of ether oxygens (including phenoxy) is 4. The van der Waals surface area contributed by atoms with Gasteiger partial charge in [-0.1, -0.05) is 5.16 Å². The first-order chi connectivity index (χ1) is 15.1. The minimum Gasteiger partial charge on any atom is -0.497 e. The third kappa shape index (κ3) is 3.98. The molecule has 9 nitrogen and oxygen atoms in total. The average molecular weight is 425 g/mol. The van der Waals surface area contributed by atoms with Gasteiger partial charge in [0.1, 0.15) is 11.5 Å². The fourth-order valence-corrected chi connectivity index (χ4v) is 3.57. The number of rotatable bonds is 7. The molecule has 1 atom stereocenters. The Kier molecular flexibility index (Phi) is 5.66. The number of hydrogen-bond donors (Lipinski definition) is 0. The van der Waals surface area contributed by atoms with Crippen LogP contribution in [-0.2, 0) is 4.79 Å². The van der Waals surface area contributed by atoms with Crippen molar-refractivity contribution in [2.45, 2.75) is 12.3 Å². The van der Waals surface area contributed by atoms with Gasteiger partial charge in [0, 0.05) is 42.6 Å². The van der Waals surface area contributed by atoms with E-state index in [1.54, 1.807) is 63.7 Å². The van der Waals surface area contributed by atoms with E-state index in [0.29, 0.717) is 52.5 Å². The lowest BCUT2D eigenvalue weighted by Crippen LogP contribution is -2.24. The lowest BCUT2D eigenvalue weighted by Gasteiger charge is -2.18. The zero-order valence-corrected chi connectivity index (χ0v) is 17.7. The first-order valence-corrected chi connectivity index (χ1v) is 9.65. The molecule has 0 spiro atoms. The summed E-state index contributed by atoms with van der Waals surface area (Å²) in [7, 11) is 6.28. The summed E-state index contributed by atoms with van der Waals surface area (Å²) in [6.07, 6.45) is 0.282.